The summed E-state index contributed by atoms with van der Waals surface area (Å²) >= 11 is 0. The summed E-state index contributed by atoms with van der Waals surface area (Å²) in [5, 5.41) is 3.49. The third-order valence-electron chi connectivity index (χ3n) is 6.98. The van der Waals surface area contributed by atoms with Crippen molar-refractivity contribution >= 4 is 0 Å². The number of pyridine rings is 2. The van der Waals surface area contributed by atoms with Crippen LogP contribution in [0.1, 0.15) is 60.3 Å². The van der Waals surface area contributed by atoms with Gasteiger partial charge in [0.15, 0.2) is 0 Å². The molecular weight excluding hydrogens is 411 g/mol. The molecule has 1 aromatic carbocycles. The summed E-state index contributed by atoms with van der Waals surface area (Å²) in [5.74, 6) is -0.209. The maximum atomic E-state index is 13.6. The van der Waals surface area contributed by atoms with E-state index >= 15 is 0 Å². The number of halogens is 1. The van der Waals surface area contributed by atoms with E-state index < -0.39 is 0 Å². The minimum Gasteiger partial charge on any atom is -0.317 e. The molecule has 1 saturated heterocycles. The minimum atomic E-state index is -0.283. The summed E-state index contributed by atoms with van der Waals surface area (Å²) in [7, 11) is 0. The van der Waals surface area contributed by atoms with Crippen molar-refractivity contribution in [3.63, 3.8) is 0 Å². The van der Waals surface area contributed by atoms with Gasteiger partial charge in [-0.25, -0.2) is 4.39 Å². The lowest BCUT2D eigenvalue weighted by Gasteiger charge is -2.36. The molecule has 0 spiro atoms. The molecule has 5 heteroatoms. The molecule has 1 aliphatic heterocycles. The monoisotopic (exact) mass is 446 g/mol. The highest BCUT2D eigenvalue weighted by atomic mass is 19.1. The Morgan fingerprint density at radius 3 is 2.39 bits per heavy atom. The normalized spacial score (nSPS) is 15.2. The third kappa shape index (κ3) is 5.48. The van der Waals surface area contributed by atoms with Gasteiger partial charge in [0.05, 0.1) is 11.4 Å². The van der Waals surface area contributed by atoms with Gasteiger partial charge >= 0.3 is 0 Å². The van der Waals surface area contributed by atoms with Gasteiger partial charge < -0.3 is 5.32 Å². The first-order valence-corrected chi connectivity index (χ1v) is 11.9. The molecule has 1 aliphatic rings. The van der Waals surface area contributed by atoms with Crippen LogP contribution in [0.3, 0.4) is 0 Å². The molecule has 33 heavy (non-hydrogen) atoms. The van der Waals surface area contributed by atoms with Crippen LogP contribution in [-0.4, -0.2) is 34.0 Å². The Labute approximate surface area is 197 Å². The van der Waals surface area contributed by atoms with Crippen LogP contribution in [0.4, 0.5) is 4.39 Å². The number of nitrogens with one attached hydrogen (secondary N) is 1. The molecular formula is C28H35FN4. The average molecular weight is 447 g/mol. The molecule has 0 bridgehead atoms. The summed E-state index contributed by atoms with van der Waals surface area (Å²) in [6.45, 7) is 12.3. The highest BCUT2D eigenvalue weighted by Gasteiger charge is 2.29. The number of piperidine rings is 1. The first-order chi connectivity index (χ1) is 15.8. The smallest absolute Gasteiger partial charge is 0.123 e. The molecule has 174 valence electrons. The molecule has 3 aromatic rings. The number of aromatic nitrogens is 2. The average Bonchev–Trinajstić information content (AvgIpc) is 2.81. The summed E-state index contributed by atoms with van der Waals surface area (Å²) in [4.78, 5) is 12.2. The standard InChI is InChI=1S/C28H35FN4/c1-20-16-21(2)26(32-17-20)18-33(24-11-14-30-15-12-24)19-27-25(6-5-13-31-27)28(3,4)22-7-9-23(29)10-8-22/h5-10,13,16-17,24,30H,11-12,14-15,18-19H2,1-4H3. The summed E-state index contributed by atoms with van der Waals surface area (Å²) in [6, 6.07) is 13.7. The topological polar surface area (TPSA) is 41.1 Å². The lowest BCUT2D eigenvalue weighted by Crippen LogP contribution is -2.43. The molecule has 1 N–H and O–H groups in total. The van der Waals surface area contributed by atoms with Crippen molar-refractivity contribution in [2.45, 2.75) is 65.1 Å². The van der Waals surface area contributed by atoms with Gasteiger partial charge in [0, 0.05) is 36.9 Å². The van der Waals surface area contributed by atoms with Crippen molar-refractivity contribution in [3.05, 3.63) is 94.3 Å². The van der Waals surface area contributed by atoms with Gasteiger partial charge in [0.1, 0.15) is 5.82 Å². The van der Waals surface area contributed by atoms with E-state index in [-0.39, 0.29) is 11.2 Å². The predicted octanol–water partition coefficient (Wildman–Crippen LogP) is 5.31. The van der Waals surface area contributed by atoms with E-state index in [9.17, 15) is 4.39 Å². The first-order valence-electron chi connectivity index (χ1n) is 11.9. The second-order valence-corrected chi connectivity index (χ2v) is 9.79. The Balaban J connectivity index is 1.67. The number of hydrogen-bond donors (Lipinski definition) is 1. The van der Waals surface area contributed by atoms with Crippen LogP contribution in [0.25, 0.3) is 0 Å². The van der Waals surface area contributed by atoms with E-state index in [4.69, 9.17) is 9.97 Å². The number of rotatable bonds is 7. The largest absolute Gasteiger partial charge is 0.317 e. The van der Waals surface area contributed by atoms with Crippen LogP contribution in [0.15, 0.2) is 54.9 Å². The zero-order chi connectivity index (χ0) is 23.4. The molecule has 3 heterocycles. The van der Waals surface area contributed by atoms with E-state index in [0.29, 0.717) is 6.04 Å². The maximum Gasteiger partial charge on any atom is 0.123 e. The molecule has 2 aromatic heterocycles. The van der Waals surface area contributed by atoms with Gasteiger partial charge in [0.2, 0.25) is 0 Å². The lowest BCUT2D eigenvalue weighted by molar-refractivity contribution is 0.141. The first kappa shape index (κ1) is 23.5. The Hall–Kier alpha value is -2.63. The fraction of sp³-hybridized carbons (Fsp3) is 0.429. The van der Waals surface area contributed by atoms with Crippen LogP contribution in [0.2, 0.25) is 0 Å². The van der Waals surface area contributed by atoms with Gasteiger partial charge in [-0.2, -0.15) is 0 Å². The van der Waals surface area contributed by atoms with Crippen LogP contribution in [0, 0.1) is 19.7 Å². The quantitative estimate of drug-likeness (QED) is 0.534. The van der Waals surface area contributed by atoms with Crippen molar-refractivity contribution < 1.29 is 4.39 Å². The molecule has 4 nitrogen and oxygen atoms in total. The Bertz CT molecular complexity index is 1070. The van der Waals surface area contributed by atoms with Crippen LogP contribution < -0.4 is 5.32 Å². The van der Waals surface area contributed by atoms with E-state index in [1.807, 2.05) is 30.6 Å². The number of aryl methyl sites for hydroxylation is 2. The molecule has 0 unspecified atom stereocenters. The maximum absolute atomic E-state index is 13.6. The molecule has 4 rings (SSSR count). The summed E-state index contributed by atoms with van der Waals surface area (Å²) in [5.41, 5.74) is 6.63. The molecule has 1 fully saturated rings. The van der Waals surface area contributed by atoms with E-state index in [1.54, 1.807) is 12.1 Å². The molecule has 0 radical (unpaired) electrons. The van der Waals surface area contributed by atoms with Gasteiger partial charge in [-0.3, -0.25) is 14.9 Å². The minimum absolute atomic E-state index is 0.209. The van der Waals surface area contributed by atoms with E-state index in [2.05, 4.69) is 50.0 Å². The van der Waals surface area contributed by atoms with Gasteiger partial charge in [-0.05, 0) is 80.2 Å². The Morgan fingerprint density at radius 1 is 1.00 bits per heavy atom. The number of benzene rings is 1. The highest BCUT2D eigenvalue weighted by Crippen LogP contribution is 2.34. The zero-order valence-electron chi connectivity index (χ0n) is 20.2. The van der Waals surface area contributed by atoms with Crippen LogP contribution in [-0.2, 0) is 18.5 Å². The zero-order valence-corrected chi connectivity index (χ0v) is 20.2. The second kappa shape index (κ2) is 10.1. The van der Waals surface area contributed by atoms with Gasteiger partial charge in [-0.15, -0.1) is 0 Å². The van der Waals surface area contributed by atoms with Crippen LogP contribution in [0.5, 0.6) is 0 Å². The second-order valence-electron chi connectivity index (χ2n) is 9.79. The highest BCUT2D eigenvalue weighted by molar-refractivity contribution is 5.40. The van der Waals surface area contributed by atoms with Gasteiger partial charge in [-0.1, -0.05) is 38.1 Å². The number of nitrogens with zero attached hydrogens (tertiary/aromatic N) is 3. The number of hydrogen-bond acceptors (Lipinski definition) is 4. The lowest BCUT2D eigenvalue weighted by atomic mass is 9.77. The van der Waals surface area contributed by atoms with Crippen LogP contribution >= 0.6 is 0 Å². The fourth-order valence-corrected chi connectivity index (χ4v) is 4.93. The van der Waals surface area contributed by atoms with E-state index in [0.717, 1.165) is 56.0 Å². The van der Waals surface area contributed by atoms with Crippen molar-refractivity contribution in [2.75, 3.05) is 13.1 Å². The van der Waals surface area contributed by atoms with Crippen molar-refractivity contribution in [2.24, 2.45) is 0 Å². The van der Waals surface area contributed by atoms with E-state index in [1.165, 1.54) is 16.7 Å². The molecule has 0 saturated carbocycles. The SMILES string of the molecule is Cc1cnc(CN(Cc2ncccc2C(C)(C)c2ccc(F)cc2)C2CCNCC2)c(C)c1. The summed E-state index contributed by atoms with van der Waals surface area (Å²) < 4.78 is 13.6. The predicted molar refractivity (Wildman–Crippen MR) is 132 cm³/mol. The van der Waals surface area contributed by atoms with Crippen molar-refractivity contribution in [1.29, 1.82) is 0 Å². The fourth-order valence-electron chi connectivity index (χ4n) is 4.93. The molecule has 0 atom stereocenters. The van der Waals surface area contributed by atoms with Gasteiger partial charge in [0.25, 0.3) is 0 Å². The Kier molecular flexibility index (Phi) is 7.20. The van der Waals surface area contributed by atoms with Crippen molar-refractivity contribution in [3.8, 4) is 0 Å². The van der Waals surface area contributed by atoms with Crippen molar-refractivity contribution in [1.82, 2.24) is 20.2 Å². The Morgan fingerprint density at radius 2 is 1.70 bits per heavy atom. The molecule has 0 aliphatic carbocycles. The summed E-state index contributed by atoms with van der Waals surface area (Å²) in [6.07, 6.45) is 6.09. The molecule has 0 amide bonds. The third-order valence-corrected chi connectivity index (χ3v) is 6.98.